The number of hydrogen-bond donors (Lipinski definition) is 1. The third-order valence-corrected chi connectivity index (χ3v) is 3.19. The molecule has 102 valence electrons. The Hall–Kier alpha value is -2.40. The van der Waals surface area contributed by atoms with Crippen molar-refractivity contribution < 1.29 is 14.2 Å². The molecular formula is C15H13FN2O2. The van der Waals surface area contributed by atoms with Crippen molar-refractivity contribution in [2.45, 2.75) is 6.61 Å². The molecule has 0 aliphatic heterocycles. The lowest BCUT2D eigenvalue weighted by Gasteiger charge is -2.07. The van der Waals surface area contributed by atoms with Gasteiger partial charge in [-0.15, -0.1) is 0 Å². The van der Waals surface area contributed by atoms with Crippen LogP contribution in [0.3, 0.4) is 0 Å². The van der Waals surface area contributed by atoms with Crippen LogP contribution in [0.1, 0.15) is 5.69 Å². The number of pyridine rings is 1. The van der Waals surface area contributed by atoms with E-state index in [0.29, 0.717) is 22.8 Å². The Bertz CT molecular complexity index is 768. The standard InChI is InChI=1S/C15H13FN2O2/c1-20-13-5-3-2-4-11(13)15-12(9-19)18-8-10(16)6-7-14(18)17-15/h2-8,19H,9H2,1H3. The third-order valence-electron chi connectivity index (χ3n) is 3.19. The van der Waals surface area contributed by atoms with Gasteiger partial charge < -0.3 is 9.84 Å². The number of nitrogens with zero attached hydrogens (tertiary/aromatic N) is 2. The van der Waals surface area contributed by atoms with E-state index in [-0.39, 0.29) is 12.4 Å². The molecule has 0 aliphatic carbocycles. The van der Waals surface area contributed by atoms with E-state index >= 15 is 0 Å². The molecule has 3 rings (SSSR count). The Kier molecular flexibility index (Phi) is 3.12. The van der Waals surface area contributed by atoms with E-state index in [1.54, 1.807) is 17.6 Å². The number of aromatic nitrogens is 2. The second-order valence-corrected chi connectivity index (χ2v) is 4.34. The number of hydrogen-bond acceptors (Lipinski definition) is 3. The summed E-state index contributed by atoms with van der Waals surface area (Å²) in [6.45, 7) is -0.238. The molecule has 2 heterocycles. The lowest BCUT2D eigenvalue weighted by atomic mass is 10.1. The van der Waals surface area contributed by atoms with Crippen LogP contribution in [0.4, 0.5) is 4.39 Å². The molecule has 20 heavy (non-hydrogen) atoms. The highest BCUT2D eigenvalue weighted by Gasteiger charge is 2.16. The van der Waals surface area contributed by atoms with Crippen LogP contribution in [-0.4, -0.2) is 21.6 Å². The predicted molar refractivity (Wildman–Crippen MR) is 73.1 cm³/mol. The summed E-state index contributed by atoms with van der Waals surface area (Å²) in [4.78, 5) is 4.46. The highest BCUT2D eigenvalue weighted by molar-refractivity contribution is 5.72. The number of halogens is 1. The number of ether oxygens (including phenoxy) is 1. The number of imidazole rings is 1. The van der Waals surface area contributed by atoms with Gasteiger partial charge in [-0.05, 0) is 24.3 Å². The summed E-state index contributed by atoms with van der Waals surface area (Å²) >= 11 is 0. The molecule has 0 unspecified atom stereocenters. The van der Waals surface area contributed by atoms with Crippen molar-refractivity contribution in [3.8, 4) is 17.0 Å². The van der Waals surface area contributed by atoms with Gasteiger partial charge in [-0.3, -0.25) is 4.40 Å². The van der Waals surface area contributed by atoms with Crippen LogP contribution in [0.5, 0.6) is 5.75 Å². The molecule has 2 aromatic heterocycles. The monoisotopic (exact) mass is 272 g/mol. The highest BCUT2D eigenvalue weighted by atomic mass is 19.1. The van der Waals surface area contributed by atoms with Crippen molar-refractivity contribution in [3.05, 3.63) is 54.1 Å². The van der Waals surface area contributed by atoms with Gasteiger partial charge in [-0.25, -0.2) is 9.37 Å². The minimum atomic E-state index is -0.379. The third kappa shape index (κ3) is 1.92. The van der Waals surface area contributed by atoms with E-state index in [9.17, 15) is 9.50 Å². The SMILES string of the molecule is COc1ccccc1-c1nc2ccc(F)cn2c1CO. The molecule has 0 amide bonds. The van der Waals surface area contributed by atoms with E-state index in [1.165, 1.54) is 12.3 Å². The van der Waals surface area contributed by atoms with Crippen molar-refractivity contribution in [2.24, 2.45) is 0 Å². The van der Waals surface area contributed by atoms with Gasteiger partial charge >= 0.3 is 0 Å². The minimum Gasteiger partial charge on any atom is -0.496 e. The van der Waals surface area contributed by atoms with Gasteiger partial charge in [0.25, 0.3) is 0 Å². The molecule has 1 N–H and O–H groups in total. The van der Waals surface area contributed by atoms with Gasteiger partial charge in [0.05, 0.1) is 25.1 Å². The van der Waals surface area contributed by atoms with Crippen LogP contribution < -0.4 is 4.74 Å². The summed E-state index contributed by atoms with van der Waals surface area (Å²) < 4.78 is 20.2. The van der Waals surface area contributed by atoms with E-state index in [4.69, 9.17) is 4.74 Å². The summed E-state index contributed by atoms with van der Waals surface area (Å²) in [6, 6.07) is 10.3. The van der Waals surface area contributed by atoms with Crippen LogP contribution in [-0.2, 0) is 6.61 Å². The maximum absolute atomic E-state index is 13.4. The van der Waals surface area contributed by atoms with E-state index in [0.717, 1.165) is 5.56 Å². The molecule has 0 atom stereocenters. The summed E-state index contributed by atoms with van der Waals surface area (Å²) in [6.07, 6.45) is 1.31. The normalized spacial score (nSPS) is 10.9. The lowest BCUT2D eigenvalue weighted by Crippen LogP contribution is -1.96. The first kappa shape index (κ1) is 12.6. The summed E-state index contributed by atoms with van der Waals surface area (Å²) in [7, 11) is 1.58. The van der Waals surface area contributed by atoms with Gasteiger partial charge in [0, 0.05) is 11.8 Å². The molecule has 3 aromatic rings. The molecule has 0 spiro atoms. The molecular weight excluding hydrogens is 259 g/mol. The van der Waals surface area contributed by atoms with Gasteiger partial charge in [-0.2, -0.15) is 0 Å². The van der Waals surface area contributed by atoms with E-state index in [1.807, 2.05) is 24.3 Å². The van der Waals surface area contributed by atoms with Gasteiger partial charge in [0.1, 0.15) is 17.2 Å². The molecule has 1 aromatic carbocycles. The number of aliphatic hydroxyl groups excluding tert-OH is 1. The van der Waals surface area contributed by atoms with Crippen LogP contribution in [0, 0.1) is 5.82 Å². The lowest BCUT2D eigenvalue weighted by molar-refractivity contribution is 0.276. The average Bonchev–Trinajstić information content (AvgIpc) is 2.84. The van der Waals surface area contributed by atoms with Crippen LogP contribution >= 0.6 is 0 Å². The first-order valence-corrected chi connectivity index (χ1v) is 6.15. The number of fused-ring (bicyclic) bond motifs is 1. The Morgan fingerprint density at radius 1 is 1.25 bits per heavy atom. The molecule has 4 nitrogen and oxygen atoms in total. The van der Waals surface area contributed by atoms with Gasteiger partial charge in [0.2, 0.25) is 0 Å². The van der Waals surface area contributed by atoms with Gasteiger partial charge in [-0.1, -0.05) is 12.1 Å². The number of para-hydroxylation sites is 1. The Balaban J connectivity index is 2.30. The molecule has 0 fully saturated rings. The topological polar surface area (TPSA) is 46.8 Å². The quantitative estimate of drug-likeness (QED) is 0.797. The zero-order valence-corrected chi connectivity index (χ0v) is 10.9. The first-order valence-electron chi connectivity index (χ1n) is 6.15. The maximum Gasteiger partial charge on any atom is 0.139 e. The fourth-order valence-corrected chi connectivity index (χ4v) is 2.27. The van der Waals surface area contributed by atoms with Crippen LogP contribution in [0.2, 0.25) is 0 Å². The Morgan fingerprint density at radius 2 is 2.05 bits per heavy atom. The second-order valence-electron chi connectivity index (χ2n) is 4.34. The summed E-state index contributed by atoms with van der Waals surface area (Å²) in [5.74, 6) is 0.280. The predicted octanol–water partition coefficient (Wildman–Crippen LogP) is 2.64. The van der Waals surface area contributed by atoms with Crippen molar-refractivity contribution in [3.63, 3.8) is 0 Å². The molecule has 5 heteroatoms. The maximum atomic E-state index is 13.4. The molecule has 0 saturated carbocycles. The average molecular weight is 272 g/mol. The largest absolute Gasteiger partial charge is 0.496 e. The fourth-order valence-electron chi connectivity index (χ4n) is 2.27. The Labute approximate surface area is 115 Å². The van der Waals surface area contributed by atoms with Gasteiger partial charge in [0.15, 0.2) is 0 Å². The van der Waals surface area contributed by atoms with E-state index in [2.05, 4.69) is 4.98 Å². The number of benzene rings is 1. The molecule has 0 bridgehead atoms. The minimum absolute atomic E-state index is 0.238. The number of rotatable bonds is 3. The van der Waals surface area contributed by atoms with Crippen molar-refractivity contribution in [1.29, 1.82) is 0 Å². The molecule has 0 radical (unpaired) electrons. The Morgan fingerprint density at radius 3 is 2.80 bits per heavy atom. The van der Waals surface area contributed by atoms with Crippen LogP contribution in [0.25, 0.3) is 16.9 Å². The number of methoxy groups -OCH3 is 1. The van der Waals surface area contributed by atoms with Crippen LogP contribution in [0.15, 0.2) is 42.6 Å². The van der Waals surface area contributed by atoms with Crippen molar-refractivity contribution in [1.82, 2.24) is 9.38 Å². The summed E-state index contributed by atoms with van der Waals surface area (Å²) in [5, 5.41) is 9.60. The number of aliphatic hydroxyl groups is 1. The fraction of sp³-hybridized carbons (Fsp3) is 0.133. The van der Waals surface area contributed by atoms with E-state index < -0.39 is 0 Å². The zero-order chi connectivity index (χ0) is 14.1. The van der Waals surface area contributed by atoms with Crippen molar-refractivity contribution in [2.75, 3.05) is 7.11 Å². The first-order chi connectivity index (χ1) is 9.74. The smallest absolute Gasteiger partial charge is 0.139 e. The molecule has 0 aliphatic rings. The molecule has 0 saturated heterocycles. The zero-order valence-electron chi connectivity index (χ0n) is 10.9. The van der Waals surface area contributed by atoms with Crippen molar-refractivity contribution >= 4 is 5.65 Å². The second kappa shape index (κ2) is 4.94. The summed E-state index contributed by atoms with van der Waals surface area (Å²) in [5.41, 5.74) is 2.47. The highest BCUT2D eigenvalue weighted by Crippen LogP contribution is 2.32.